The number of nitrogens with zero attached hydrogens (tertiary/aromatic N) is 1. The molecule has 0 spiro atoms. The Morgan fingerprint density at radius 2 is 1.87 bits per heavy atom. The van der Waals surface area contributed by atoms with E-state index in [1.54, 1.807) is 6.07 Å². The molecule has 0 aromatic heterocycles. The van der Waals surface area contributed by atoms with Crippen molar-refractivity contribution in [3.05, 3.63) is 18.2 Å². The van der Waals surface area contributed by atoms with E-state index in [0.29, 0.717) is 36.4 Å². The topological polar surface area (TPSA) is 75.7 Å². The first-order chi connectivity index (χ1) is 10.7. The van der Waals surface area contributed by atoms with Crippen LogP contribution >= 0.6 is 0 Å². The minimum absolute atomic E-state index is 0.170. The van der Waals surface area contributed by atoms with E-state index in [9.17, 15) is 13.2 Å². The predicted molar refractivity (Wildman–Crippen MR) is 89.0 cm³/mol. The van der Waals surface area contributed by atoms with E-state index in [0.717, 1.165) is 6.42 Å². The Labute approximate surface area is 137 Å². The molecule has 2 rings (SSSR count). The summed E-state index contributed by atoms with van der Waals surface area (Å²) in [5, 5.41) is 2.61. The van der Waals surface area contributed by atoms with Gasteiger partial charge in [-0.05, 0) is 36.5 Å². The largest absolute Gasteiger partial charge is 0.495 e. The number of rotatable bonds is 4. The molecule has 1 fully saturated rings. The van der Waals surface area contributed by atoms with Crippen molar-refractivity contribution in [2.24, 2.45) is 11.8 Å². The Kier molecular flexibility index (Phi) is 5.31. The fraction of sp³-hybridized carbons (Fsp3) is 0.562. The number of carbonyl (C=O) groups excluding carboxylic acids is 1. The van der Waals surface area contributed by atoms with E-state index >= 15 is 0 Å². The number of amides is 1. The van der Waals surface area contributed by atoms with Gasteiger partial charge < -0.3 is 10.1 Å². The molecule has 0 radical (unpaired) electrons. The molecule has 1 saturated heterocycles. The highest BCUT2D eigenvalue weighted by molar-refractivity contribution is 7.89. The zero-order valence-electron chi connectivity index (χ0n) is 14.0. The summed E-state index contributed by atoms with van der Waals surface area (Å²) in [6.45, 7) is 6.54. The summed E-state index contributed by atoms with van der Waals surface area (Å²) in [5.74, 6) is 0.820. The van der Waals surface area contributed by atoms with Gasteiger partial charge in [0.2, 0.25) is 15.9 Å². The quantitative estimate of drug-likeness (QED) is 0.913. The third-order valence-electron chi connectivity index (χ3n) is 3.95. The van der Waals surface area contributed by atoms with Gasteiger partial charge in [0.1, 0.15) is 5.75 Å². The molecule has 0 bridgehead atoms. The van der Waals surface area contributed by atoms with E-state index in [1.165, 1.54) is 30.5 Å². The van der Waals surface area contributed by atoms with Crippen molar-refractivity contribution in [1.82, 2.24) is 4.31 Å². The van der Waals surface area contributed by atoms with Crippen molar-refractivity contribution in [2.75, 3.05) is 25.5 Å². The molecule has 1 aliphatic rings. The molecule has 1 amide bonds. The van der Waals surface area contributed by atoms with E-state index in [4.69, 9.17) is 4.74 Å². The van der Waals surface area contributed by atoms with Gasteiger partial charge in [0, 0.05) is 20.0 Å². The van der Waals surface area contributed by atoms with Gasteiger partial charge in [-0.15, -0.1) is 0 Å². The fourth-order valence-corrected chi connectivity index (χ4v) is 4.79. The molecule has 0 saturated carbocycles. The summed E-state index contributed by atoms with van der Waals surface area (Å²) in [6, 6.07) is 4.54. The van der Waals surface area contributed by atoms with Crippen LogP contribution in [0.4, 0.5) is 5.69 Å². The molecule has 7 heteroatoms. The molecule has 6 nitrogen and oxygen atoms in total. The van der Waals surface area contributed by atoms with Crippen molar-refractivity contribution in [3.63, 3.8) is 0 Å². The van der Waals surface area contributed by atoms with Crippen molar-refractivity contribution in [2.45, 2.75) is 32.1 Å². The van der Waals surface area contributed by atoms with Crippen molar-refractivity contribution >= 4 is 21.6 Å². The zero-order valence-corrected chi connectivity index (χ0v) is 14.8. The van der Waals surface area contributed by atoms with Crippen molar-refractivity contribution < 1.29 is 17.9 Å². The van der Waals surface area contributed by atoms with Gasteiger partial charge in [-0.25, -0.2) is 8.42 Å². The van der Waals surface area contributed by atoms with Crippen molar-refractivity contribution in [1.29, 1.82) is 0 Å². The molecule has 2 atom stereocenters. The number of ether oxygens (including phenoxy) is 1. The summed E-state index contributed by atoms with van der Waals surface area (Å²) in [4.78, 5) is 11.5. The molecule has 1 aliphatic heterocycles. The lowest BCUT2D eigenvalue weighted by Crippen LogP contribution is -2.42. The lowest BCUT2D eigenvalue weighted by atomic mass is 9.94. The van der Waals surface area contributed by atoms with Crippen LogP contribution in [0, 0.1) is 11.8 Å². The van der Waals surface area contributed by atoms with Crippen LogP contribution in [0.2, 0.25) is 0 Å². The highest BCUT2D eigenvalue weighted by Gasteiger charge is 2.32. The zero-order chi connectivity index (χ0) is 17.2. The summed E-state index contributed by atoms with van der Waals surface area (Å²) in [7, 11) is -2.11. The fourth-order valence-electron chi connectivity index (χ4n) is 3.09. The van der Waals surface area contributed by atoms with Gasteiger partial charge in [-0.3, -0.25) is 4.79 Å². The number of methoxy groups -OCH3 is 1. The molecule has 1 aromatic rings. The molecule has 23 heavy (non-hydrogen) atoms. The lowest BCUT2D eigenvalue weighted by Gasteiger charge is -2.34. The Morgan fingerprint density at radius 3 is 2.39 bits per heavy atom. The van der Waals surface area contributed by atoms with Gasteiger partial charge >= 0.3 is 0 Å². The number of nitrogens with one attached hydrogen (secondary N) is 1. The van der Waals surface area contributed by atoms with E-state index < -0.39 is 10.0 Å². The van der Waals surface area contributed by atoms with E-state index in [1.807, 2.05) is 0 Å². The Hall–Kier alpha value is -1.60. The summed E-state index contributed by atoms with van der Waals surface area (Å²) in [5.41, 5.74) is 0.360. The number of piperidine rings is 1. The summed E-state index contributed by atoms with van der Waals surface area (Å²) in [6.07, 6.45) is 1.03. The predicted octanol–water partition coefficient (Wildman–Crippen LogP) is 2.32. The SMILES string of the molecule is COc1ccc(S(=O)(=O)N2CC(C)CC(C)C2)cc1NC(C)=O. The first kappa shape index (κ1) is 17.7. The number of hydrogen-bond acceptors (Lipinski definition) is 4. The van der Waals surface area contributed by atoms with Gasteiger partial charge in [0.25, 0.3) is 0 Å². The molecule has 128 valence electrons. The van der Waals surface area contributed by atoms with Gasteiger partial charge in [0.15, 0.2) is 0 Å². The molecule has 0 aliphatic carbocycles. The Balaban J connectivity index is 2.37. The second-order valence-corrected chi connectivity index (χ2v) is 8.25. The highest BCUT2D eigenvalue weighted by Crippen LogP contribution is 2.31. The molecule has 1 aromatic carbocycles. The number of anilines is 1. The normalized spacial score (nSPS) is 22.6. The average Bonchev–Trinajstić information content (AvgIpc) is 2.45. The maximum Gasteiger partial charge on any atom is 0.243 e. The number of benzene rings is 1. The third kappa shape index (κ3) is 4.03. The van der Waals surface area contributed by atoms with Crippen LogP contribution in [0.1, 0.15) is 27.2 Å². The second-order valence-electron chi connectivity index (χ2n) is 6.31. The van der Waals surface area contributed by atoms with Crippen LogP contribution in [0.15, 0.2) is 23.1 Å². The molecule has 1 heterocycles. The number of carbonyl (C=O) groups is 1. The molecule has 1 N–H and O–H groups in total. The van der Waals surface area contributed by atoms with Crippen LogP contribution in [0.3, 0.4) is 0 Å². The van der Waals surface area contributed by atoms with Crippen LogP contribution in [0.25, 0.3) is 0 Å². The van der Waals surface area contributed by atoms with E-state index in [2.05, 4.69) is 19.2 Å². The minimum atomic E-state index is -3.58. The Bertz CT molecular complexity index is 677. The third-order valence-corrected chi connectivity index (χ3v) is 5.78. The smallest absolute Gasteiger partial charge is 0.243 e. The monoisotopic (exact) mass is 340 g/mol. The van der Waals surface area contributed by atoms with Crippen molar-refractivity contribution in [3.8, 4) is 5.75 Å². The number of sulfonamides is 1. The molecular weight excluding hydrogens is 316 g/mol. The summed E-state index contributed by atoms with van der Waals surface area (Å²) >= 11 is 0. The van der Waals surface area contributed by atoms with Gasteiger partial charge in [0.05, 0.1) is 17.7 Å². The lowest BCUT2D eigenvalue weighted by molar-refractivity contribution is -0.114. The standard InChI is InChI=1S/C16H24N2O4S/c1-11-7-12(2)10-18(9-11)23(20,21)14-5-6-16(22-4)15(8-14)17-13(3)19/h5-6,8,11-12H,7,9-10H2,1-4H3,(H,17,19). The maximum atomic E-state index is 12.9. The maximum absolute atomic E-state index is 12.9. The van der Waals surface area contributed by atoms with Gasteiger partial charge in [-0.1, -0.05) is 13.8 Å². The molecule has 2 unspecified atom stereocenters. The second kappa shape index (κ2) is 6.88. The first-order valence-corrected chi connectivity index (χ1v) is 9.13. The minimum Gasteiger partial charge on any atom is -0.495 e. The first-order valence-electron chi connectivity index (χ1n) is 7.69. The van der Waals surface area contributed by atoms with Crippen LogP contribution in [-0.2, 0) is 14.8 Å². The summed E-state index contributed by atoms with van der Waals surface area (Å²) < 4.78 is 32.5. The van der Waals surface area contributed by atoms with Gasteiger partial charge in [-0.2, -0.15) is 4.31 Å². The average molecular weight is 340 g/mol. The molecular formula is C16H24N2O4S. The van der Waals surface area contributed by atoms with Crippen LogP contribution in [0.5, 0.6) is 5.75 Å². The Morgan fingerprint density at radius 1 is 1.26 bits per heavy atom. The highest BCUT2D eigenvalue weighted by atomic mass is 32.2. The number of hydrogen-bond donors (Lipinski definition) is 1. The van der Waals surface area contributed by atoms with Crippen LogP contribution < -0.4 is 10.1 Å². The van der Waals surface area contributed by atoms with Crippen LogP contribution in [-0.4, -0.2) is 38.8 Å². The van der Waals surface area contributed by atoms with E-state index in [-0.39, 0.29) is 10.8 Å².